The van der Waals surface area contributed by atoms with Crippen molar-refractivity contribution in [2.45, 2.75) is 34.1 Å². The van der Waals surface area contributed by atoms with Crippen molar-refractivity contribution in [2.75, 3.05) is 5.32 Å². The van der Waals surface area contributed by atoms with Gasteiger partial charge in [-0.05, 0) is 25.0 Å². The summed E-state index contributed by atoms with van der Waals surface area (Å²) in [4.78, 5) is 11.2. The third-order valence-electron chi connectivity index (χ3n) is 2.48. The van der Waals surface area contributed by atoms with E-state index >= 15 is 0 Å². The van der Waals surface area contributed by atoms with E-state index in [9.17, 15) is 4.79 Å². The molecular weight excluding hydrogens is 246 g/mol. The number of para-hydroxylation sites is 1. The highest BCUT2D eigenvalue weighted by Crippen LogP contribution is 2.26. The van der Waals surface area contributed by atoms with E-state index in [0.717, 1.165) is 23.2 Å². The monoisotopic (exact) mass is 271 g/mol. The Kier molecular flexibility index (Phi) is 9.67. The van der Waals surface area contributed by atoms with E-state index in [4.69, 9.17) is 0 Å². The molecule has 1 rings (SSSR count). The minimum Gasteiger partial charge on any atom is -0.326 e. The molecule has 1 aromatic carbocycles. The molecule has 108 valence electrons. The molecule has 0 radical (unpaired) electrons. The van der Waals surface area contributed by atoms with Crippen LogP contribution in [0.4, 0.5) is 5.69 Å². The van der Waals surface area contributed by atoms with Gasteiger partial charge in [0.25, 0.3) is 0 Å². The summed E-state index contributed by atoms with van der Waals surface area (Å²) >= 11 is 0. The molecule has 0 saturated carbocycles. The summed E-state index contributed by atoms with van der Waals surface area (Å²) in [5.41, 5.74) is 3.00. The number of benzene rings is 1. The summed E-state index contributed by atoms with van der Waals surface area (Å²) in [5, 5.41) is 2.85. The Hall–Kier alpha value is -2.09. The second kappa shape index (κ2) is 10.8. The van der Waals surface area contributed by atoms with E-state index in [-0.39, 0.29) is 5.91 Å². The predicted molar refractivity (Wildman–Crippen MR) is 89.7 cm³/mol. The van der Waals surface area contributed by atoms with Crippen LogP contribution in [-0.2, 0) is 4.79 Å². The minimum atomic E-state index is -0.0635. The predicted octanol–water partition coefficient (Wildman–Crippen LogP) is 5.21. The molecule has 0 aliphatic heterocycles. The second-order valence-corrected chi connectivity index (χ2v) is 3.93. The molecule has 1 aromatic rings. The molecule has 0 aliphatic rings. The van der Waals surface area contributed by atoms with Gasteiger partial charge in [-0.3, -0.25) is 4.79 Å². The quantitative estimate of drug-likeness (QED) is 0.578. The van der Waals surface area contributed by atoms with Crippen LogP contribution < -0.4 is 5.32 Å². The van der Waals surface area contributed by atoms with Crippen LogP contribution in [0.15, 0.2) is 55.1 Å². The van der Waals surface area contributed by atoms with Gasteiger partial charge in [0.2, 0.25) is 5.91 Å². The first kappa shape index (κ1) is 17.9. The van der Waals surface area contributed by atoms with Crippen molar-refractivity contribution in [1.29, 1.82) is 0 Å². The zero-order chi connectivity index (χ0) is 15.4. The Bertz CT molecular complexity index is 484. The lowest BCUT2D eigenvalue weighted by molar-refractivity contribution is -0.114. The van der Waals surface area contributed by atoms with Gasteiger partial charge in [-0.15, -0.1) is 0 Å². The molecule has 0 unspecified atom stereocenters. The maximum absolute atomic E-state index is 11.2. The van der Waals surface area contributed by atoms with Crippen LogP contribution in [0.3, 0.4) is 0 Å². The van der Waals surface area contributed by atoms with Crippen molar-refractivity contribution >= 4 is 17.2 Å². The first-order valence-corrected chi connectivity index (χ1v) is 6.98. The summed E-state index contributed by atoms with van der Waals surface area (Å²) in [5.74, 6) is -0.0635. The highest BCUT2D eigenvalue weighted by molar-refractivity contribution is 5.92. The van der Waals surface area contributed by atoms with Crippen LogP contribution in [-0.4, -0.2) is 5.91 Å². The van der Waals surface area contributed by atoms with Crippen LogP contribution in [0, 0.1) is 0 Å². The summed E-state index contributed by atoms with van der Waals surface area (Å²) in [6.45, 7) is 11.2. The van der Waals surface area contributed by atoms with Crippen LogP contribution in [0.1, 0.15) is 39.7 Å². The third kappa shape index (κ3) is 6.19. The maximum Gasteiger partial charge on any atom is 0.221 e. The van der Waals surface area contributed by atoms with Gasteiger partial charge in [-0.25, -0.2) is 0 Å². The van der Waals surface area contributed by atoms with E-state index in [0.29, 0.717) is 0 Å². The van der Waals surface area contributed by atoms with Gasteiger partial charge in [0.05, 0.1) is 0 Å². The fourth-order valence-corrected chi connectivity index (χ4v) is 1.72. The van der Waals surface area contributed by atoms with E-state index in [2.05, 4.69) is 18.0 Å². The fraction of sp³-hybridized carbons (Fsp3) is 0.278. The lowest BCUT2D eigenvalue weighted by atomic mass is 10.00. The molecule has 2 nitrogen and oxygen atoms in total. The van der Waals surface area contributed by atoms with Crippen molar-refractivity contribution in [2.24, 2.45) is 0 Å². The van der Waals surface area contributed by atoms with Crippen LogP contribution in [0.5, 0.6) is 0 Å². The molecule has 0 saturated heterocycles. The first-order valence-electron chi connectivity index (χ1n) is 6.98. The van der Waals surface area contributed by atoms with Crippen LogP contribution in [0.25, 0.3) is 5.57 Å². The molecule has 0 bridgehead atoms. The van der Waals surface area contributed by atoms with Gasteiger partial charge < -0.3 is 5.32 Å². The highest BCUT2D eigenvalue weighted by atomic mass is 16.1. The van der Waals surface area contributed by atoms with Crippen LogP contribution >= 0.6 is 0 Å². The number of rotatable bonds is 5. The van der Waals surface area contributed by atoms with Gasteiger partial charge in [0.15, 0.2) is 0 Å². The normalized spacial score (nSPS) is 10.7. The van der Waals surface area contributed by atoms with E-state index < -0.39 is 0 Å². The molecule has 0 aliphatic carbocycles. The SMILES string of the molecule is C=C/C=C(\C/C=C\C)c1ccccc1NC(C)=O.CC. The standard InChI is InChI=1S/C16H19NO.C2H6/c1-4-6-10-14(9-5-2)15-11-7-8-12-16(15)17-13(3)18;1-2/h4-9,11-12H,2,10H2,1,3H3,(H,17,18);1-2H3/b6-4-,14-9+;. The minimum absolute atomic E-state index is 0.0635. The molecular formula is C18H25NO. The lowest BCUT2D eigenvalue weighted by Gasteiger charge is -2.11. The topological polar surface area (TPSA) is 29.1 Å². The van der Waals surface area contributed by atoms with E-state index in [1.807, 2.05) is 57.2 Å². The Morgan fingerprint density at radius 3 is 2.50 bits per heavy atom. The Morgan fingerprint density at radius 1 is 1.30 bits per heavy atom. The van der Waals surface area contributed by atoms with Crippen molar-refractivity contribution in [3.05, 3.63) is 60.7 Å². The summed E-state index contributed by atoms with van der Waals surface area (Å²) < 4.78 is 0. The van der Waals surface area contributed by atoms with Gasteiger partial charge in [0.1, 0.15) is 0 Å². The Balaban J connectivity index is 0.00000172. The number of hydrogen-bond donors (Lipinski definition) is 1. The Morgan fingerprint density at radius 2 is 1.95 bits per heavy atom. The molecule has 0 atom stereocenters. The van der Waals surface area contributed by atoms with Crippen molar-refractivity contribution in [1.82, 2.24) is 0 Å². The van der Waals surface area contributed by atoms with Crippen molar-refractivity contribution in [3.8, 4) is 0 Å². The molecule has 0 heterocycles. The number of hydrogen-bond acceptors (Lipinski definition) is 1. The van der Waals surface area contributed by atoms with E-state index in [1.54, 1.807) is 6.08 Å². The number of allylic oxidation sites excluding steroid dienone is 5. The van der Waals surface area contributed by atoms with Crippen LogP contribution in [0.2, 0.25) is 0 Å². The van der Waals surface area contributed by atoms with Gasteiger partial charge in [0, 0.05) is 18.2 Å². The largest absolute Gasteiger partial charge is 0.326 e. The third-order valence-corrected chi connectivity index (χ3v) is 2.48. The fourth-order valence-electron chi connectivity index (χ4n) is 1.72. The molecule has 1 amide bonds. The second-order valence-electron chi connectivity index (χ2n) is 3.93. The average Bonchev–Trinajstić information content (AvgIpc) is 2.46. The highest BCUT2D eigenvalue weighted by Gasteiger charge is 2.06. The van der Waals surface area contributed by atoms with Crippen molar-refractivity contribution in [3.63, 3.8) is 0 Å². The summed E-state index contributed by atoms with van der Waals surface area (Å²) in [7, 11) is 0. The number of carbonyl (C=O) groups excluding carboxylic acids is 1. The molecule has 2 heteroatoms. The zero-order valence-electron chi connectivity index (χ0n) is 12.9. The Labute approximate surface area is 122 Å². The van der Waals surface area contributed by atoms with Gasteiger partial charge >= 0.3 is 0 Å². The lowest BCUT2D eigenvalue weighted by Crippen LogP contribution is -2.07. The molecule has 0 spiro atoms. The number of amides is 1. The summed E-state index contributed by atoms with van der Waals surface area (Å²) in [6.07, 6.45) is 8.65. The first-order chi connectivity index (χ1) is 9.69. The molecule has 0 aromatic heterocycles. The smallest absolute Gasteiger partial charge is 0.221 e. The van der Waals surface area contributed by atoms with Gasteiger partial charge in [-0.1, -0.05) is 62.9 Å². The maximum atomic E-state index is 11.2. The number of nitrogens with one attached hydrogen (secondary N) is 1. The average molecular weight is 271 g/mol. The van der Waals surface area contributed by atoms with Gasteiger partial charge in [-0.2, -0.15) is 0 Å². The number of anilines is 1. The molecule has 0 fully saturated rings. The van der Waals surface area contributed by atoms with Crippen molar-refractivity contribution < 1.29 is 4.79 Å². The molecule has 1 N–H and O–H groups in total. The summed E-state index contributed by atoms with van der Waals surface area (Å²) in [6, 6.07) is 7.79. The molecule has 20 heavy (non-hydrogen) atoms. The number of carbonyl (C=O) groups is 1. The zero-order valence-corrected chi connectivity index (χ0v) is 12.9. The van der Waals surface area contributed by atoms with E-state index in [1.165, 1.54) is 6.92 Å².